The molecule has 3 rings (SSSR count). The Morgan fingerprint density at radius 3 is 2.73 bits per heavy atom. The molecule has 0 atom stereocenters. The van der Waals surface area contributed by atoms with Crippen molar-refractivity contribution in [2.75, 3.05) is 0 Å². The fraction of sp³-hybridized carbons (Fsp3) is 0.0625. The van der Waals surface area contributed by atoms with Gasteiger partial charge in [0.15, 0.2) is 4.32 Å². The second-order valence-electron chi connectivity index (χ2n) is 4.66. The number of amides is 1. The second-order valence-corrected chi connectivity index (χ2v) is 6.34. The average molecular weight is 328 g/mol. The summed E-state index contributed by atoms with van der Waals surface area (Å²) >= 11 is 6.45. The van der Waals surface area contributed by atoms with Gasteiger partial charge in [0.25, 0.3) is 5.91 Å². The van der Waals surface area contributed by atoms with Gasteiger partial charge < -0.3 is 4.42 Å². The smallest absolute Gasteiger partial charge is 0.286 e. The molecule has 4 nitrogen and oxygen atoms in total. The zero-order valence-corrected chi connectivity index (χ0v) is 13.4. The quantitative estimate of drug-likeness (QED) is 0.488. The lowest BCUT2D eigenvalue weighted by atomic mass is 10.1. The normalized spacial score (nSPS) is 17.1. The fourth-order valence-electron chi connectivity index (χ4n) is 1.85. The number of furan rings is 1. The number of thioether (sulfide) groups is 1. The average Bonchev–Trinajstić information content (AvgIpc) is 3.10. The van der Waals surface area contributed by atoms with E-state index in [1.165, 1.54) is 28.5 Å². The molecule has 22 heavy (non-hydrogen) atoms. The van der Waals surface area contributed by atoms with Crippen molar-refractivity contribution < 1.29 is 9.21 Å². The van der Waals surface area contributed by atoms with Crippen LogP contribution in [0.5, 0.6) is 0 Å². The maximum absolute atomic E-state index is 12.4. The van der Waals surface area contributed by atoms with Crippen molar-refractivity contribution in [3.63, 3.8) is 0 Å². The molecule has 0 saturated carbocycles. The number of carbonyl (C=O) groups excluding carboxylic acids is 1. The number of thiocarbonyl (C=S) groups is 1. The standard InChI is InChI=1S/C16H12N2O2S2/c1-11-4-6-12(7-5-11)9-14-15(19)18(16(21)22-14)17-10-13-3-2-8-20-13/h2-10H,1H3/b14-9+,17-10+. The molecule has 6 heteroatoms. The van der Waals surface area contributed by atoms with Crippen LogP contribution in [0.2, 0.25) is 0 Å². The van der Waals surface area contributed by atoms with E-state index < -0.39 is 0 Å². The van der Waals surface area contributed by atoms with Crippen LogP contribution in [0, 0.1) is 6.92 Å². The number of rotatable bonds is 3. The second kappa shape index (κ2) is 6.29. The van der Waals surface area contributed by atoms with Crippen LogP contribution in [0.3, 0.4) is 0 Å². The summed E-state index contributed by atoms with van der Waals surface area (Å²) in [6.07, 6.45) is 4.84. The van der Waals surface area contributed by atoms with Gasteiger partial charge in [-0.05, 0) is 42.9 Å². The predicted molar refractivity (Wildman–Crippen MR) is 92.5 cm³/mol. The van der Waals surface area contributed by atoms with E-state index in [9.17, 15) is 4.79 Å². The molecular weight excluding hydrogens is 316 g/mol. The van der Waals surface area contributed by atoms with Crippen LogP contribution in [0.1, 0.15) is 16.9 Å². The van der Waals surface area contributed by atoms with Crippen molar-refractivity contribution in [1.82, 2.24) is 5.01 Å². The number of hydrazone groups is 1. The summed E-state index contributed by atoms with van der Waals surface area (Å²) in [4.78, 5) is 12.9. The van der Waals surface area contributed by atoms with E-state index in [1.54, 1.807) is 18.4 Å². The molecule has 1 amide bonds. The number of nitrogens with zero attached hydrogens (tertiary/aromatic N) is 2. The molecular formula is C16H12N2O2S2. The third kappa shape index (κ3) is 3.18. The SMILES string of the molecule is Cc1ccc(/C=C2/SC(=S)N(/N=C/c3ccco3)C2=O)cc1. The van der Waals surface area contributed by atoms with E-state index in [4.69, 9.17) is 16.6 Å². The van der Waals surface area contributed by atoms with Crippen molar-refractivity contribution in [1.29, 1.82) is 0 Å². The van der Waals surface area contributed by atoms with Crippen LogP contribution in [0.25, 0.3) is 6.08 Å². The summed E-state index contributed by atoms with van der Waals surface area (Å²) in [6, 6.07) is 11.4. The Morgan fingerprint density at radius 2 is 2.05 bits per heavy atom. The Bertz CT molecular complexity index is 762. The molecule has 1 aromatic carbocycles. The van der Waals surface area contributed by atoms with Gasteiger partial charge in [-0.25, -0.2) is 0 Å². The Balaban J connectivity index is 1.80. The van der Waals surface area contributed by atoms with E-state index in [-0.39, 0.29) is 5.91 Å². The highest BCUT2D eigenvalue weighted by molar-refractivity contribution is 8.26. The van der Waals surface area contributed by atoms with Gasteiger partial charge in [-0.2, -0.15) is 10.1 Å². The van der Waals surface area contributed by atoms with E-state index in [1.807, 2.05) is 37.3 Å². The van der Waals surface area contributed by atoms with Crippen molar-refractivity contribution in [3.05, 3.63) is 64.5 Å². The highest BCUT2D eigenvalue weighted by Gasteiger charge is 2.32. The summed E-state index contributed by atoms with van der Waals surface area (Å²) in [5.74, 6) is 0.343. The molecule has 0 bridgehead atoms. The molecule has 1 aliphatic heterocycles. The van der Waals surface area contributed by atoms with Crippen LogP contribution in [0.15, 0.2) is 57.1 Å². The van der Waals surface area contributed by atoms with Crippen molar-refractivity contribution in [2.45, 2.75) is 6.92 Å². The van der Waals surface area contributed by atoms with Gasteiger partial charge in [0.2, 0.25) is 0 Å². The van der Waals surface area contributed by atoms with Crippen LogP contribution in [-0.2, 0) is 4.79 Å². The summed E-state index contributed by atoms with van der Waals surface area (Å²) in [7, 11) is 0. The minimum absolute atomic E-state index is 0.224. The van der Waals surface area contributed by atoms with Crippen LogP contribution in [-0.4, -0.2) is 21.5 Å². The third-order valence-corrected chi connectivity index (χ3v) is 4.27. The first-order chi connectivity index (χ1) is 10.6. The van der Waals surface area contributed by atoms with Crippen LogP contribution >= 0.6 is 24.0 Å². The number of carbonyl (C=O) groups is 1. The molecule has 1 saturated heterocycles. The molecule has 0 aliphatic carbocycles. The van der Waals surface area contributed by atoms with Gasteiger partial charge >= 0.3 is 0 Å². The van der Waals surface area contributed by atoms with Crippen LogP contribution in [0.4, 0.5) is 0 Å². The zero-order valence-electron chi connectivity index (χ0n) is 11.7. The molecule has 0 spiro atoms. The molecule has 0 radical (unpaired) electrons. The minimum Gasteiger partial charge on any atom is -0.463 e. The number of hydrogen-bond donors (Lipinski definition) is 0. The Hall–Kier alpha value is -2.18. The zero-order chi connectivity index (χ0) is 15.5. The maximum atomic E-state index is 12.4. The fourth-order valence-corrected chi connectivity index (χ4v) is 3.03. The first kappa shape index (κ1) is 14.7. The Morgan fingerprint density at radius 1 is 1.27 bits per heavy atom. The molecule has 1 fully saturated rings. The van der Waals surface area contributed by atoms with Gasteiger partial charge in [-0.15, -0.1) is 0 Å². The summed E-state index contributed by atoms with van der Waals surface area (Å²) in [6.45, 7) is 2.02. The molecule has 0 N–H and O–H groups in total. The van der Waals surface area contributed by atoms with E-state index >= 15 is 0 Å². The highest BCUT2D eigenvalue weighted by Crippen LogP contribution is 2.32. The molecule has 1 aromatic heterocycles. The van der Waals surface area contributed by atoms with Crippen molar-refractivity contribution in [3.8, 4) is 0 Å². The first-order valence-electron chi connectivity index (χ1n) is 6.55. The van der Waals surface area contributed by atoms with Crippen molar-refractivity contribution in [2.24, 2.45) is 5.10 Å². The first-order valence-corrected chi connectivity index (χ1v) is 7.78. The Labute approximate surface area is 137 Å². The minimum atomic E-state index is -0.224. The molecule has 0 unspecified atom stereocenters. The lowest BCUT2D eigenvalue weighted by Gasteiger charge is -2.05. The molecule has 110 valence electrons. The largest absolute Gasteiger partial charge is 0.463 e. The van der Waals surface area contributed by atoms with Gasteiger partial charge in [0, 0.05) is 0 Å². The van der Waals surface area contributed by atoms with E-state index in [0.29, 0.717) is 15.0 Å². The van der Waals surface area contributed by atoms with E-state index in [2.05, 4.69) is 5.10 Å². The highest BCUT2D eigenvalue weighted by atomic mass is 32.2. The summed E-state index contributed by atoms with van der Waals surface area (Å²) in [5.41, 5.74) is 2.13. The lowest BCUT2D eigenvalue weighted by molar-refractivity contribution is -0.122. The van der Waals surface area contributed by atoms with Gasteiger partial charge in [0.1, 0.15) is 5.76 Å². The number of benzene rings is 1. The Kier molecular flexibility index (Phi) is 4.22. The van der Waals surface area contributed by atoms with Crippen molar-refractivity contribution >= 4 is 46.5 Å². The van der Waals surface area contributed by atoms with Crippen LogP contribution < -0.4 is 0 Å². The lowest BCUT2D eigenvalue weighted by Crippen LogP contribution is -2.22. The van der Waals surface area contributed by atoms with E-state index in [0.717, 1.165) is 5.56 Å². The number of hydrogen-bond acceptors (Lipinski definition) is 5. The summed E-state index contributed by atoms with van der Waals surface area (Å²) in [5, 5.41) is 5.31. The van der Waals surface area contributed by atoms with Gasteiger partial charge in [-0.3, -0.25) is 4.79 Å². The number of aryl methyl sites for hydroxylation is 1. The molecule has 1 aliphatic rings. The molecule has 2 heterocycles. The predicted octanol–water partition coefficient (Wildman–Crippen LogP) is 3.82. The van der Waals surface area contributed by atoms with Gasteiger partial charge in [-0.1, -0.05) is 41.6 Å². The monoisotopic (exact) mass is 328 g/mol. The topological polar surface area (TPSA) is 45.8 Å². The molecule has 2 aromatic rings. The van der Waals surface area contributed by atoms with Gasteiger partial charge in [0.05, 0.1) is 17.4 Å². The third-order valence-electron chi connectivity index (χ3n) is 2.99. The summed E-state index contributed by atoms with van der Waals surface area (Å²) < 4.78 is 5.55. The maximum Gasteiger partial charge on any atom is 0.286 e.